The van der Waals surface area contributed by atoms with Crippen LogP contribution in [0.3, 0.4) is 0 Å². The minimum absolute atomic E-state index is 0.0471. The second-order valence-corrected chi connectivity index (χ2v) is 10.0. The highest BCUT2D eigenvalue weighted by atomic mass is 32.2. The molecule has 2 N–H and O–H groups in total. The molecule has 0 bridgehead atoms. The molecule has 0 radical (unpaired) electrons. The van der Waals surface area contributed by atoms with Crippen molar-refractivity contribution >= 4 is 16.1 Å². The number of halogens is 4. The Morgan fingerprint density at radius 1 is 0.951 bits per heavy atom. The summed E-state index contributed by atoms with van der Waals surface area (Å²) in [5, 5.41) is 2.47. The van der Waals surface area contributed by atoms with Gasteiger partial charge in [0.25, 0.3) is 0 Å². The Morgan fingerprint density at radius 3 is 2.17 bits per heavy atom. The first-order valence-corrected chi connectivity index (χ1v) is 14.8. The molecule has 12 heteroatoms. The van der Waals surface area contributed by atoms with E-state index in [0.29, 0.717) is 0 Å². The summed E-state index contributed by atoms with van der Waals surface area (Å²) >= 11 is 0. The predicted molar refractivity (Wildman–Crippen MR) is 151 cm³/mol. The molecule has 0 aliphatic rings. The summed E-state index contributed by atoms with van der Waals surface area (Å²) in [4.78, 5) is 15.9. The molecule has 226 valence electrons. The Bertz CT molecular complexity index is 1280. The van der Waals surface area contributed by atoms with Gasteiger partial charge in [0.15, 0.2) is 6.67 Å². The lowest BCUT2D eigenvalue weighted by Crippen LogP contribution is -2.44. The van der Waals surface area contributed by atoms with Gasteiger partial charge in [0, 0.05) is 12.7 Å². The summed E-state index contributed by atoms with van der Waals surface area (Å²) in [5.74, 6) is -4.92. The van der Waals surface area contributed by atoms with Crippen LogP contribution in [0.25, 0.3) is 0 Å². The Kier molecular flexibility index (Phi) is 15.6. The van der Waals surface area contributed by atoms with Gasteiger partial charge < -0.3 is 10.1 Å². The normalized spacial score (nSPS) is 11.7. The first-order chi connectivity index (χ1) is 19.6. The fraction of sp³-hybridized carbons (Fsp3) is 0.379. The maximum absolute atomic E-state index is 14.2. The molecule has 0 saturated heterocycles. The SMILES string of the molecule is CC.CC.O=C(NC(Cc1ccccc1F)CS(=O)(=O)NCc1ccc(C(F)(F)CF)nc1)OCc1ccccc1. The smallest absolute Gasteiger partial charge is 0.407 e. The molecule has 1 unspecified atom stereocenters. The van der Waals surface area contributed by atoms with Crippen LogP contribution < -0.4 is 10.0 Å². The van der Waals surface area contributed by atoms with Crippen LogP contribution in [0.2, 0.25) is 0 Å². The van der Waals surface area contributed by atoms with Gasteiger partial charge in [0.1, 0.15) is 18.1 Å². The number of nitrogens with one attached hydrogen (secondary N) is 2. The summed E-state index contributed by atoms with van der Waals surface area (Å²) in [5.41, 5.74) is 0.397. The Hall–Kier alpha value is -3.51. The number of rotatable bonds is 12. The molecule has 1 heterocycles. The minimum atomic E-state index is -4.05. The van der Waals surface area contributed by atoms with Crippen molar-refractivity contribution in [3.63, 3.8) is 0 Å². The number of carbonyl (C=O) groups excluding carboxylic acids is 1. The number of nitrogens with zero attached hydrogens (tertiary/aromatic N) is 1. The molecule has 0 saturated carbocycles. The van der Waals surface area contributed by atoms with E-state index in [1.165, 1.54) is 24.3 Å². The second-order valence-electron chi connectivity index (χ2n) is 8.19. The van der Waals surface area contributed by atoms with Crippen LogP contribution in [0.5, 0.6) is 0 Å². The number of hydrogen-bond acceptors (Lipinski definition) is 5. The number of amides is 1. The molecule has 41 heavy (non-hydrogen) atoms. The van der Waals surface area contributed by atoms with Crippen molar-refractivity contribution in [2.24, 2.45) is 0 Å². The van der Waals surface area contributed by atoms with E-state index in [-0.39, 0.29) is 30.7 Å². The first kappa shape index (κ1) is 35.5. The number of carbonyl (C=O) groups is 1. The molecule has 3 rings (SSSR count). The lowest BCUT2D eigenvalue weighted by Gasteiger charge is -2.19. The van der Waals surface area contributed by atoms with Crippen molar-refractivity contribution in [3.8, 4) is 0 Å². The standard InChI is InChI=1S/C25H25F4N3O4S.2C2H6/c26-17-25(28,29)23-11-10-19(13-30-23)14-31-37(34,35)16-21(12-20-8-4-5-9-22(20)27)32-24(33)36-15-18-6-2-1-3-7-18;2*1-2/h1-11,13,21,31H,12,14-17H2,(H,32,33);2*1-2H3. The highest BCUT2D eigenvalue weighted by Gasteiger charge is 2.33. The number of benzene rings is 2. The molecule has 1 aromatic heterocycles. The van der Waals surface area contributed by atoms with Crippen LogP contribution in [-0.4, -0.2) is 38.0 Å². The monoisotopic (exact) mass is 599 g/mol. The third-order valence-corrected chi connectivity index (χ3v) is 6.67. The van der Waals surface area contributed by atoms with Crippen molar-refractivity contribution in [1.29, 1.82) is 0 Å². The largest absolute Gasteiger partial charge is 0.445 e. The number of aromatic nitrogens is 1. The Labute approximate surface area is 239 Å². The molecule has 0 aliphatic carbocycles. The fourth-order valence-corrected chi connectivity index (χ4v) is 4.58. The molecular weight excluding hydrogens is 562 g/mol. The van der Waals surface area contributed by atoms with Crippen LogP contribution in [0, 0.1) is 5.82 Å². The van der Waals surface area contributed by atoms with Gasteiger partial charge in [0.05, 0.1) is 11.8 Å². The van der Waals surface area contributed by atoms with Crippen molar-refractivity contribution in [2.45, 2.75) is 59.2 Å². The molecular formula is C29H37F4N3O4S. The van der Waals surface area contributed by atoms with Gasteiger partial charge in [-0.15, -0.1) is 0 Å². The van der Waals surface area contributed by atoms with E-state index in [0.717, 1.165) is 17.8 Å². The maximum Gasteiger partial charge on any atom is 0.407 e. The summed E-state index contributed by atoms with van der Waals surface area (Å²) < 4.78 is 86.3. The average Bonchev–Trinajstić information content (AvgIpc) is 2.99. The molecule has 0 spiro atoms. The topological polar surface area (TPSA) is 97.4 Å². The summed E-state index contributed by atoms with van der Waals surface area (Å²) in [7, 11) is -4.05. The third kappa shape index (κ3) is 12.7. The fourth-order valence-electron chi connectivity index (χ4n) is 3.34. The van der Waals surface area contributed by atoms with Gasteiger partial charge in [-0.1, -0.05) is 82.3 Å². The summed E-state index contributed by atoms with van der Waals surface area (Å²) in [6.07, 6.45) is -0.00555. The zero-order valence-electron chi connectivity index (χ0n) is 23.5. The van der Waals surface area contributed by atoms with Crippen molar-refractivity contribution in [2.75, 3.05) is 12.4 Å². The molecule has 3 aromatic rings. The lowest BCUT2D eigenvalue weighted by molar-refractivity contribution is -0.0321. The lowest BCUT2D eigenvalue weighted by atomic mass is 10.1. The number of alkyl halides is 3. The first-order valence-electron chi connectivity index (χ1n) is 13.1. The highest BCUT2D eigenvalue weighted by Crippen LogP contribution is 2.26. The zero-order chi connectivity index (χ0) is 30.9. The Morgan fingerprint density at radius 2 is 1.59 bits per heavy atom. The molecule has 7 nitrogen and oxygen atoms in total. The van der Waals surface area contributed by atoms with E-state index in [2.05, 4.69) is 15.0 Å². The van der Waals surface area contributed by atoms with E-state index in [1.807, 2.05) is 27.7 Å². The molecule has 0 aliphatic heterocycles. The van der Waals surface area contributed by atoms with Crippen LogP contribution in [0.15, 0.2) is 72.9 Å². The van der Waals surface area contributed by atoms with Crippen molar-refractivity contribution in [3.05, 3.63) is 101 Å². The maximum atomic E-state index is 14.2. The number of sulfonamides is 1. The number of hydrogen-bond donors (Lipinski definition) is 2. The van der Waals surface area contributed by atoms with Gasteiger partial charge in [-0.25, -0.2) is 26.7 Å². The van der Waals surface area contributed by atoms with E-state index in [4.69, 9.17) is 4.74 Å². The van der Waals surface area contributed by atoms with Gasteiger partial charge >= 0.3 is 12.0 Å². The van der Waals surface area contributed by atoms with Crippen LogP contribution >= 0.6 is 0 Å². The van der Waals surface area contributed by atoms with Gasteiger partial charge in [-0.3, -0.25) is 4.98 Å². The molecule has 0 fully saturated rings. The van der Waals surface area contributed by atoms with E-state index in [1.54, 1.807) is 36.4 Å². The molecule has 1 atom stereocenters. The number of alkyl carbamates (subject to hydrolysis) is 1. The average molecular weight is 600 g/mol. The number of pyridine rings is 1. The quantitative estimate of drug-likeness (QED) is 0.239. The minimum Gasteiger partial charge on any atom is -0.445 e. The van der Waals surface area contributed by atoms with E-state index in [9.17, 15) is 30.8 Å². The Balaban J connectivity index is 0.00000201. The summed E-state index contributed by atoms with van der Waals surface area (Å²) in [6.45, 7) is 5.76. The third-order valence-electron chi connectivity index (χ3n) is 5.24. The molecule has 1 amide bonds. The number of ether oxygens (including phenoxy) is 1. The second kappa shape index (κ2) is 18.0. The summed E-state index contributed by atoms with van der Waals surface area (Å²) in [6, 6.07) is 15.6. The van der Waals surface area contributed by atoms with Crippen LogP contribution in [-0.2, 0) is 40.3 Å². The van der Waals surface area contributed by atoms with Gasteiger partial charge in [-0.05, 0) is 35.2 Å². The van der Waals surface area contributed by atoms with E-state index < -0.39 is 52.0 Å². The molecule has 2 aromatic carbocycles. The van der Waals surface area contributed by atoms with Crippen molar-refractivity contribution in [1.82, 2.24) is 15.0 Å². The highest BCUT2D eigenvalue weighted by molar-refractivity contribution is 7.89. The predicted octanol–water partition coefficient (Wildman–Crippen LogP) is 6.29. The van der Waals surface area contributed by atoms with Crippen LogP contribution in [0.1, 0.15) is 50.1 Å². The zero-order valence-corrected chi connectivity index (χ0v) is 24.4. The van der Waals surface area contributed by atoms with E-state index >= 15 is 0 Å². The van der Waals surface area contributed by atoms with Crippen LogP contribution in [0.4, 0.5) is 22.4 Å². The van der Waals surface area contributed by atoms with Crippen molar-refractivity contribution < 1.29 is 35.5 Å². The van der Waals surface area contributed by atoms with Gasteiger partial charge in [-0.2, -0.15) is 8.78 Å². The van der Waals surface area contributed by atoms with Gasteiger partial charge in [0.2, 0.25) is 10.0 Å².